The first kappa shape index (κ1) is 14.3. The van der Waals surface area contributed by atoms with Gasteiger partial charge in [0.05, 0.1) is 7.11 Å². The molecule has 0 spiro atoms. The maximum absolute atomic E-state index is 12.1. The summed E-state index contributed by atoms with van der Waals surface area (Å²) in [6, 6.07) is 10.2. The predicted molar refractivity (Wildman–Crippen MR) is 76.6 cm³/mol. The second-order valence-corrected chi connectivity index (χ2v) is 4.75. The van der Waals surface area contributed by atoms with E-state index in [9.17, 15) is 9.90 Å². The molecule has 1 unspecified atom stereocenters. The Morgan fingerprint density at radius 3 is 2.80 bits per heavy atom. The van der Waals surface area contributed by atoms with Gasteiger partial charge >= 0.3 is 0 Å². The van der Waals surface area contributed by atoms with Crippen molar-refractivity contribution in [3.63, 3.8) is 0 Å². The Labute approximate surface area is 122 Å². The number of methoxy groups -OCH3 is 1. The summed E-state index contributed by atoms with van der Waals surface area (Å²) in [5.74, 6) is 0.0978. The zero-order chi connectivity index (χ0) is 14.5. The van der Waals surface area contributed by atoms with Crippen LogP contribution in [-0.2, 0) is 6.42 Å². The smallest absolute Gasteiger partial charge is 0.199 e. The van der Waals surface area contributed by atoms with E-state index < -0.39 is 5.38 Å². The van der Waals surface area contributed by atoms with Gasteiger partial charge in [0.2, 0.25) is 0 Å². The fraction of sp³-hybridized carbons (Fsp3) is 0.200. The number of hydrogen-bond acceptors (Lipinski definition) is 4. The van der Waals surface area contributed by atoms with Crippen LogP contribution in [0.5, 0.6) is 11.5 Å². The molecule has 1 N–H and O–H groups in total. The number of pyridine rings is 1. The van der Waals surface area contributed by atoms with Crippen molar-refractivity contribution in [2.24, 2.45) is 0 Å². The number of benzene rings is 1. The van der Waals surface area contributed by atoms with Crippen LogP contribution >= 0.6 is 11.6 Å². The van der Waals surface area contributed by atoms with E-state index in [4.69, 9.17) is 16.3 Å². The number of ether oxygens (including phenoxy) is 1. The van der Waals surface area contributed by atoms with Crippen molar-refractivity contribution in [3.8, 4) is 11.5 Å². The largest absolute Gasteiger partial charge is 0.504 e. The number of hydrogen-bond donors (Lipinski definition) is 1. The summed E-state index contributed by atoms with van der Waals surface area (Å²) in [7, 11) is 1.47. The number of phenols is 1. The number of para-hydroxylation sites is 1. The van der Waals surface area contributed by atoms with E-state index in [0.29, 0.717) is 17.0 Å². The highest BCUT2D eigenvalue weighted by molar-refractivity contribution is 6.33. The molecule has 2 rings (SSSR count). The molecule has 0 fully saturated rings. The molecule has 0 bridgehead atoms. The number of aromatic nitrogens is 1. The maximum Gasteiger partial charge on any atom is 0.199 e. The molecule has 2 aromatic rings. The van der Waals surface area contributed by atoms with Gasteiger partial charge in [0.15, 0.2) is 17.3 Å². The normalized spacial score (nSPS) is 11.9. The third-order valence-corrected chi connectivity index (χ3v) is 3.26. The molecular formula is C15H14ClNO3. The highest BCUT2D eigenvalue weighted by Gasteiger charge is 2.21. The van der Waals surface area contributed by atoms with E-state index in [1.807, 2.05) is 0 Å². The molecule has 1 aromatic carbocycles. The number of rotatable bonds is 5. The molecule has 4 nitrogen and oxygen atoms in total. The van der Waals surface area contributed by atoms with Crippen LogP contribution < -0.4 is 4.74 Å². The van der Waals surface area contributed by atoms with Gasteiger partial charge in [-0.1, -0.05) is 18.2 Å². The van der Waals surface area contributed by atoms with E-state index in [-0.39, 0.29) is 18.0 Å². The van der Waals surface area contributed by atoms with Crippen LogP contribution in [0.25, 0.3) is 0 Å². The monoisotopic (exact) mass is 291 g/mol. The van der Waals surface area contributed by atoms with Crippen LogP contribution in [0.15, 0.2) is 42.6 Å². The zero-order valence-electron chi connectivity index (χ0n) is 10.9. The molecule has 0 aliphatic carbocycles. The molecule has 1 aromatic heterocycles. The number of halogens is 1. The third kappa shape index (κ3) is 3.08. The average molecular weight is 292 g/mol. The van der Waals surface area contributed by atoms with Crippen molar-refractivity contribution in [3.05, 3.63) is 53.9 Å². The second kappa shape index (κ2) is 6.39. The van der Waals surface area contributed by atoms with Gasteiger partial charge in [0, 0.05) is 6.20 Å². The van der Waals surface area contributed by atoms with Crippen molar-refractivity contribution in [1.82, 2.24) is 4.98 Å². The van der Waals surface area contributed by atoms with Gasteiger partial charge in [-0.3, -0.25) is 9.78 Å². The minimum absolute atomic E-state index is 0.00877. The lowest BCUT2D eigenvalue weighted by molar-refractivity contribution is 0.0982. The zero-order valence-corrected chi connectivity index (χ0v) is 11.7. The molecule has 0 saturated heterocycles. The van der Waals surface area contributed by atoms with E-state index in [1.165, 1.54) is 7.11 Å². The molecule has 104 valence electrons. The number of Topliss-reactive ketones (excluding diaryl/α,β-unsaturated/α-hetero) is 1. The highest BCUT2D eigenvalue weighted by atomic mass is 35.5. The van der Waals surface area contributed by atoms with E-state index >= 15 is 0 Å². The number of nitrogens with zero attached hydrogens (tertiary/aromatic N) is 1. The molecule has 0 amide bonds. The Kier molecular flexibility index (Phi) is 4.58. The van der Waals surface area contributed by atoms with E-state index in [1.54, 1.807) is 42.6 Å². The standard InChI is InChI=1S/C15H14ClNO3/c1-20-13-7-4-5-10(14(13)18)9-11(16)15(19)12-6-2-3-8-17-12/h2-8,11,18H,9H2,1H3. The molecule has 0 radical (unpaired) electrons. The number of ketones is 1. The van der Waals surface area contributed by atoms with Gasteiger partial charge in [-0.25, -0.2) is 0 Å². The van der Waals surface area contributed by atoms with Gasteiger partial charge in [-0.2, -0.15) is 0 Å². The fourth-order valence-corrected chi connectivity index (χ4v) is 2.13. The number of carbonyl (C=O) groups excluding carboxylic acids is 1. The lowest BCUT2D eigenvalue weighted by Gasteiger charge is -2.11. The minimum Gasteiger partial charge on any atom is -0.504 e. The van der Waals surface area contributed by atoms with Gasteiger partial charge in [0.25, 0.3) is 0 Å². The summed E-state index contributed by atoms with van der Waals surface area (Å²) in [5.41, 5.74) is 0.878. The van der Waals surface area contributed by atoms with Gasteiger partial charge in [-0.15, -0.1) is 11.6 Å². The summed E-state index contributed by atoms with van der Waals surface area (Å²) < 4.78 is 5.02. The minimum atomic E-state index is -0.789. The van der Waals surface area contributed by atoms with Crippen molar-refractivity contribution in [2.45, 2.75) is 11.8 Å². The van der Waals surface area contributed by atoms with Crippen LogP contribution in [0.3, 0.4) is 0 Å². The lowest BCUT2D eigenvalue weighted by atomic mass is 10.0. The molecule has 5 heteroatoms. The molecule has 1 atom stereocenters. The van der Waals surface area contributed by atoms with Crippen LogP contribution in [0.4, 0.5) is 0 Å². The fourth-order valence-electron chi connectivity index (χ4n) is 1.85. The van der Waals surface area contributed by atoms with Crippen LogP contribution in [-0.4, -0.2) is 28.4 Å². The molecule has 20 heavy (non-hydrogen) atoms. The molecule has 0 aliphatic heterocycles. The second-order valence-electron chi connectivity index (χ2n) is 4.22. The number of aromatic hydroxyl groups is 1. The van der Waals surface area contributed by atoms with Crippen molar-refractivity contribution >= 4 is 17.4 Å². The first-order valence-electron chi connectivity index (χ1n) is 6.07. The van der Waals surface area contributed by atoms with E-state index in [0.717, 1.165) is 0 Å². The van der Waals surface area contributed by atoms with Crippen molar-refractivity contribution in [1.29, 1.82) is 0 Å². The first-order valence-corrected chi connectivity index (χ1v) is 6.51. The van der Waals surface area contributed by atoms with Crippen molar-refractivity contribution < 1.29 is 14.6 Å². The third-order valence-electron chi connectivity index (χ3n) is 2.90. The maximum atomic E-state index is 12.1. The molecule has 0 saturated carbocycles. The topological polar surface area (TPSA) is 59.4 Å². The summed E-state index contributed by atoms with van der Waals surface area (Å²) in [5, 5.41) is 9.19. The number of alkyl halides is 1. The highest BCUT2D eigenvalue weighted by Crippen LogP contribution is 2.31. The Morgan fingerprint density at radius 1 is 1.35 bits per heavy atom. The summed E-state index contributed by atoms with van der Waals surface area (Å²) >= 11 is 6.13. The van der Waals surface area contributed by atoms with Gasteiger partial charge in [-0.05, 0) is 30.2 Å². The number of phenolic OH excluding ortho intramolecular Hbond substituents is 1. The van der Waals surface area contributed by atoms with Crippen LogP contribution in [0.2, 0.25) is 0 Å². The van der Waals surface area contributed by atoms with Gasteiger partial charge < -0.3 is 9.84 Å². The molecule has 0 aliphatic rings. The first-order chi connectivity index (χ1) is 9.63. The molecule has 1 heterocycles. The Bertz CT molecular complexity index is 601. The van der Waals surface area contributed by atoms with Crippen LogP contribution in [0.1, 0.15) is 16.1 Å². The van der Waals surface area contributed by atoms with E-state index in [2.05, 4.69) is 4.98 Å². The average Bonchev–Trinajstić information content (AvgIpc) is 2.49. The Hall–Kier alpha value is -2.07. The SMILES string of the molecule is COc1cccc(CC(Cl)C(=O)c2ccccn2)c1O. The summed E-state index contributed by atoms with van der Waals surface area (Å²) in [6.45, 7) is 0. The summed E-state index contributed by atoms with van der Waals surface area (Å²) in [6.07, 6.45) is 1.75. The Morgan fingerprint density at radius 2 is 2.15 bits per heavy atom. The lowest BCUT2D eigenvalue weighted by Crippen LogP contribution is -2.18. The predicted octanol–water partition coefficient (Wildman–Crippen LogP) is 2.83. The molecular weight excluding hydrogens is 278 g/mol. The quantitative estimate of drug-likeness (QED) is 0.680. The Balaban J connectivity index is 2.16. The van der Waals surface area contributed by atoms with Gasteiger partial charge in [0.1, 0.15) is 11.1 Å². The van der Waals surface area contributed by atoms with Crippen molar-refractivity contribution in [2.75, 3.05) is 7.11 Å². The van der Waals surface area contributed by atoms with Crippen LogP contribution in [0, 0.1) is 0 Å². The number of carbonyl (C=O) groups is 1. The summed E-state index contributed by atoms with van der Waals surface area (Å²) in [4.78, 5) is 16.1.